The van der Waals surface area contributed by atoms with Crippen LogP contribution < -0.4 is 5.32 Å². The maximum Gasteiger partial charge on any atom is 0.313 e. The number of hydrogen-bond donors (Lipinski definition) is 1. The Morgan fingerprint density at radius 3 is 2.69 bits per heavy atom. The third kappa shape index (κ3) is 2.74. The molecule has 1 saturated carbocycles. The zero-order valence-electron chi connectivity index (χ0n) is 9.96. The van der Waals surface area contributed by atoms with E-state index in [4.69, 9.17) is 9.47 Å². The van der Waals surface area contributed by atoms with Gasteiger partial charge >= 0.3 is 5.97 Å². The van der Waals surface area contributed by atoms with Gasteiger partial charge in [-0.15, -0.1) is 0 Å². The Bertz CT molecular complexity index is 245. The molecular formula is C12H21NO3. The second-order valence-corrected chi connectivity index (χ2v) is 4.96. The van der Waals surface area contributed by atoms with Crippen LogP contribution in [0.2, 0.25) is 0 Å². The molecule has 4 nitrogen and oxygen atoms in total. The fourth-order valence-corrected chi connectivity index (χ4v) is 2.29. The summed E-state index contributed by atoms with van der Waals surface area (Å²) in [5, 5.41) is 3.42. The molecule has 0 aromatic heterocycles. The molecule has 0 unspecified atom stereocenters. The average molecular weight is 227 g/mol. The van der Waals surface area contributed by atoms with Gasteiger partial charge in [-0.3, -0.25) is 4.79 Å². The second-order valence-electron chi connectivity index (χ2n) is 4.96. The van der Waals surface area contributed by atoms with Crippen LogP contribution >= 0.6 is 0 Å². The van der Waals surface area contributed by atoms with E-state index in [1.54, 1.807) is 0 Å². The van der Waals surface area contributed by atoms with Crippen LogP contribution in [0.1, 0.15) is 25.7 Å². The molecule has 1 saturated heterocycles. The summed E-state index contributed by atoms with van der Waals surface area (Å²) in [6.07, 6.45) is 4.22. The molecular weight excluding hydrogens is 206 g/mol. The fraction of sp³-hybridized carbons (Fsp3) is 0.917. The maximum absolute atomic E-state index is 11.5. The second kappa shape index (κ2) is 5.15. The normalized spacial score (nSPS) is 24.1. The summed E-state index contributed by atoms with van der Waals surface area (Å²) >= 11 is 0. The molecule has 16 heavy (non-hydrogen) atoms. The largest absolute Gasteiger partial charge is 0.469 e. The van der Waals surface area contributed by atoms with Crippen molar-refractivity contribution in [3.05, 3.63) is 0 Å². The Labute approximate surface area is 96.7 Å². The fourth-order valence-electron chi connectivity index (χ4n) is 2.29. The smallest absolute Gasteiger partial charge is 0.313 e. The molecule has 1 N–H and O–H groups in total. The summed E-state index contributed by atoms with van der Waals surface area (Å²) in [4.78, 5) is 11.5. The van der Waals surface area contributed by atoms with Crippen molar-refractivity contribution in [1.82, 2.24) is 5.32 Å². The van der Waals surface area contributed by atoms with E-state index >= 15 is 0 Å². The van der Waals surface area contributed by atoms with Gasteiger partial charge in [-0.25, -0.2) is 0 Å². The number of carbonyl (C=O) groups is 1. The minimum atomic E-state index is -0.195. The van der Waals surface area contributed by atoms with E-state index < -0.39 is 0 Å². The van der Waals surface area contributed by atoms with E-state index in [1.165, 1.54) is 7.11 Å². The molecule has 2 aliphatic rings. The number of nitrogens with one attached hydrogen (secondary N) is 1. The number of rotatable bonds is 5. The van der Waals surface area contributed by atoms with Gasteiger partial charge in [-0.2, -0.15) is 0 Å². The third-order valence-electron chi connectivity index (χ3n) is 3.71. The standard InChI is InChI=1S/C12H21NO3/c1-15-11(14)12(4-5-12)9-13-8-10-2-6-16-7-3-10/h10,13H,2-9H2,1H3. The molecule has 1 aliphatic carbocycles. The molecule has 2 fully saturated rings. The molecule has 0 atom stereocenters. The number of esters is 1. The highest BCUT2D eigenvalue weighted by Gasteiger charge is 2.50. The summed E-state index contributed by atoms with van der Waals surface area (Å²) in [5.41, 5.74) is -0.195. The Balaban J connectivity index is 1.65. The molecule has 1 aliphatic heterocycles. The lowest BCUT2D eigenvalue weighted by atomic mass is 10.00. The van der Waals surface area contributed by atoms with Crippen molar-refractivity contribution in [2.75, 3.05) is 33.4 Å². The summed E-state index contributed by atoms with van der Waals surface area (Å²) < 4.78 is 10.1. The van der Waals surface area contributed by atoms with Gasteiger partial charge in [0.2, 0.25) is 0 Å². The van der Waals surface area contributed by atoms with Crippen molar-refractivity contribution >= 4 is 5.97 Å². The Morgan fingerprint density at radius 2 is 2.12 bits per heavy atom. The quantitative estimate of drug-likeness (QED) is 0.711. The first-order chi connectivity index (χ1) is 7.77. The van der Waals surface area contributed by atoms with E-state index in [9.17, 15) is 4.79 Å². The molecule has 0 aromatic rings. The highest BCUT2D eigenvalue weighted by Crippen LogP contribution is 2.46. The highest BCUT2D eigenvalue weighted by atomic mass is 16.5. The topological polar surface area (TPSA) is 47.6 Å². The monoisotopic (exact) mass is 227 g/mol. The van der Waals surface area contributed by atoms with Crippen LogP contribution in [0.3, 0.4) is 0 Å². The molecule has 1 heterocycles. The van der Waals surface area contributed by atoms with Crippen molar-refractivity contribution in [1.29, 1.82) is 0 Å². The summed E-state index contributed by atoms with van der Waals surface area (Å²) in [6.45, 7) is 3.54. The third-order valence-corrected chi connectivity index (χ3v) is 3.71. The average Bonchev–Trinajstić information content (AvgIpc) is 3.11. The van der Waals surface area contributed by atoms with Crippen molar-refractivity contribution < 1.29 is 14.3 Å². The van der Waals surface area contributed by atoms with Crippen LogP contribution in [0, 0.1) is 11.3 Å². The van der Waals surface area contributed by atoms with Crippen molar-refractivity contribution in [2.45, 2.75) is 25.7 Å². The summed E-state index contributed by atoms with van der Waals surface area (Å²) in [7, 11) is 1.47. The van der Waals surface area contributed by atoms with Crippen LogP contribution in [0.4, 0.5) is 0 Å². The van der Waals surface area contributed by atoms with Crippen molar-refractivity contribution in [3.8, 4) is 0 Å². The number of hydrogen-bond acceptors (Lipinski definition) is 4. The molecule has 0 spiro atoms. The van der Waals surface area contributed by atoms with Crippen molar-refractivity contribution in [3.63, 3.8) is 0 Å². The minimum Gasteiger partial charge on any atom is -0.469 e. The Morgan fingerprint density at radius 1 is 1.44 bits per heavy atom. The minimum absolute atomic E-state index is 0.0491. The van der Waals surface area contributed by atoms with E-state index in [0.29, 0.717) is 5.92 Å². The van der Waals surface area contributed by atoms with E-state index in [0.717, 1.165) is 52.0 Å². The van der Waals surface area contributed by atoms with Gasteiger partial charge in [0.1, 0.15) is 0 Å². The summed E-state index contributed by atoms with van der Waals surface area (Å²) in [6, 6.07) is 0. The molecule has 2 rings (SSSR count). The van der Waals surface area contributed by atoms with E-state index in [1.807, 2.05) is 0 Å². The van der Waals surface area contributed by atoms with Crippen LogP contribution in [-0.4, -0.2) is 39.4 Å². The zero-order chi connectivity index (χ0) is 11.4. The number of ether oxygens (including phenoxy) is 2. The predicted molar refractivity (Wildman–Crippen MR) is 60.1 cm³/mol. The van der Waals surface area contributed by atoms with Crippen molar-refractivity contribution in [2.24, 2.45) is 11.3 Å². The van der Waals surface area contributed by atoms with Gasteiger partial charge in [0.25, 0.3) is 0 Å². The molecule has 92 valence electrons. The number of carbonyl (C=O) groups excluding carboxylic acids is 1. The van der Waals surface area contributed by atoms with Gasteiger partial charge in [0, 0.05) is 19.8 Å². The lowest BCUT2D eigenvalue weighted by Crippen LogP contribution is -2.35. The van der Waals surface area contributed by atoms with Crippen LogP contribution in [0.25, 0.3) is 0 Å². The lowest BCUT2D eigenvalue weighted by Gasteiger charge is -2.23. The molecule has 0 amide bonds. The molecule has 4 heteroatoms. The van der Waals surface area contributed by atoms with Gasteiger partial charge in [-0.05, 0) is 38.1 Å². The Hall–Kier alpha value is -0.610. The highest BCUT2D eigenvalue weighted by molar-refractivity contribution is 5.80. The SMILES string of the molecule is COC(=O)C1(CNCC2CCOCC2)CC1. The molecule has 0 radical (unpaired) electrons. The first-order valence-electron chi connectivity index (χ1n) is 6.14. The van der Waals surface area contributed by atoms with E-state index in [-0.39, 0.29) is 11.4 Å². The van der Waals surface area contributed by atoms with E-state index in [2.05, 4.69) is 5.32 Å². The predicted octanol–water partition coefficient (Wildman–Crippen LogP) is 0.956. The van der Waals surface area contributed by atoms with Crippen LogP contribution in [0.15, 0.2) is 0 Å². The maximum atomic E-state index is 11.5. The zero-order valence-corrected chi connectivity index (χ0v) is 9.96. The first kappa shape index (κ1) is 11.9. The molecule has 0 bridgehead atoms. The van der Waals surface area contributed by atoms with Crippen LogP contribution in [-0.2, 0) is 14.3 Å². The lowest BCUT2D eigenvalue weighted by molar-refractivity contribution is -0.146. The molecule has 0 aromatic carbocycles. The Kier molecular flexibility index (Phi) is 3.82. The van der Waals surface area contributed by atoms with Gasteiger partial charge in [0.15, 0.2) is 0 Å². The summed E-state index contributed by atoms with van der Waals surface area (Å²) in [5.74, 6) is 0.661. The van der Waals surface area contributed by atoms with Gasteiger partial charge < -0.3 is 14.8 Å². The first-order valence-corrected chi connectivity index (χ1v) is 6.14. The number of methoxy groups -OCH3 is 1. The van der Waals surface area contributed by atoms with Crippen LogP contribution in [0.5, 0.6) is 0 Å². The van der Waals surface area contributed by atoms with Gasteiger partial charge in [0.05, 0.1) is 12.5 Å². The van der Waals surface area contributed by atoms with Gasteiger partial charge in [-0.1, -0.05) is 0 Å².